The highest BCUT2D eigenvalue weighted by Crippen LogP contribution is 2.53. The molecule has 1 saturated heterocycles. The summed E-state index contributed by atoms with van der Waals surface area (Å²) in [6.07, 6.45) is 5.59. The number of anilines is 1. The molecule has 1 aliphatic carbocycles. The maximum atomic E-state index is 10.9. The van der Waals surface area contributed by atoms with Gasteiger partial charge in [0.15, 0.2) is 5.69 Å². The molecule has 7 heteroatoms. The quantitative estimate of drug-likeness (QED) is 0.859. The summed E-state index contributed by atoms with van der Waals surface area (Å²) in [6, 6.07) is 3.92. The zero-order valence-electron chi connectivity index (χ0n) is 12.6. The number of aromatic carboxylic acids is 1. The van der Waals surface area contributed by atoms with Gasteiger partial charge in [0.2, 0.25) is 0 Å². The zero-order chi connectivity index (χ0) is 16.0. The maximum Gasteiger partial charge on any atom is 0.356 e. The molecule has 2 N–H and O–H groups in total. The van der Waals surface area contributed by atoms with Crippen molar-refractivity contribution in [2.24, 2.45) is 5.41 Å². The van der Waals surface area contributed by atoms with E-state index in [-0.39, 0.29) is 12.3 Å². The van der Waals surface area contributed by atoms with Crippen LogP contribution in [0.25, 0.3) is 0 Å². The topological polar surface area (TPSA) is 91.5 Å². The van der Waals surface area contributed by atoms with Crippen LogP contribution in [0.3, 0.4) is 0 Å². The van der Waals surface area contributed by atoms with Crippen LogP contribution in [-0.2, 0) is 13.2 Å². The molecule has 23 heavy (non-hydrogen) atoms. The van der Waals surface area contributed by atoms with Crippen LogP contribution in [0.4, 0.5) is 5.82 Å². The van der Waals surface area contributed by atoms with Gasteiger partial charge in [-0.2, -0.15) is 0 Å². The molecule has 2 fully saturated rings. The van der Waals surface area contributed by atoms with Gasteiger partial charge in [-0.05, 0) is 24.5 Å². The number of hydrogen-bond acceptors (Lipinski definition) is 5. The molecule has 4 rings (SSSR count). The van der Waals surface area contributed by atoms with Crippen LogP contribution in [0.1, 0.15) is 34.6 Å². The van der Waals surface area contributed by atoms with Gasteiger partial charge in [-0.3, -0.25) is 0 Å². The van der Waals surface area contributed by atoms with E-state index in [0.29, 0.717) is 17.7 Å². The summed E-state index contributed by atoms with van der Waals surface area (Å²) in [5.41, 5.74) is 2.07. The Labute approximate surface area is 133 Å². The van der Waals surface area contributed by atoms with E-state index in [1.807, 2.05) is 12.1 Å². The lowest BCUT2D eigenvalue weighted by Gasteiger charge is -2.41. The molecule has 120 valence electrons. The highest BCUT2D eigenvalue weighted by molar-refractivity contribution is 5.84. The predicted octanol–water partition coefficient (Wildman–Crippen LogP) is 1.12. The summed E-state index contributed by atoms with van der Waals surface area (Å²) in [5.74, 6) is -0.140. The summed E-state index contributed by atoms with van der Waals surface area (Å²) < 4.78 is 1.68. The van der Waals surface area contributed by atoms with Crippen molar-refractivity contribution in [2.75, 3.05) is 18.0 Å². The Morgan fingerprint density at radius 2 is 2.09 bits per heavy atom. The molecule has 2 aliphatic rings. The van der Waals surface area contributed by atoms with Crippen LogP contribution >= 0.6 is 0 Å². The number of aromatic nitrogens is 3. The van der Waals surface area contributed by atoms with Crippen LogP contribution in [-0.4, -0.2) is 43.8 Å². The molecule has 0 amide bonds. The van der Waals surface area contributed by atoms with Crippen LogP contribution in [0.2, 0.25) is 0 Å². The lowest BCUT2D eigenvalue weighted by Crippen LogP contribution is -2.48. The molecule has 0 unspecified atom stereocenters. The first-order chi connectivity index (χ1) is 11.1. The van der Waals surface area contributed by atoms with Crippen molar-refractivity contribution in [1.29, 1.82) is 0 Å². The van der Waals surface area contributed by atoms with Crippen molar-refractivity contribution in [3.63, 3.8) is 0 Å². The lowest BCUT2D eigenvalue weighted by atomic mass is 9.97. The van der Waals surface area contributed by atoms with E-state index in [0.717, 1.165) is 24.5 Å². The van der Waals surface area contributed by atoms with Gasteiger partial charge >= 0.3 is 5.97 Å². The Balaban J connectivity index is 1.52. The van der Waals surface area contributed by atoms with Gasteiger partial charge in [-0.25, -0.2) is 14.8 Å². The Morgan fingerprint density at radius 3 is 2.70 bits per heavy atom. The first-order valence-corrected chi connectivity index (χ1v) is 7.68. The van der Waals surface area contributed by atoms with E-state index in [4.69, 9.17) is 5.11 Å². The summed E-state index contributed by atoms with van der Waals surface area (Å²) in [7, 11) is 0. The van der Waals surface area contributed by atoms with Crippen molar-refractivity contribution in [1.82, 2.24) is 14.5 Å². The standard InChI is InChI=1S/C16H18N4O3/c21-7-13-11(5-19-6-12(15(22)23)17-10-19)1-2-14(18-13)20-8-16(9-20)3-4-16/h1-2,6,10,21H,3-5,7-9H2,(H,22,23). The molecule has 1 spiro atoms. The molecule has 0 aromatic carbocycles. The third kappa shape index (κ3) is 2.57. The largest absolute Gasteiger partial charge is 0.476 e. The van der Waals surface area contributed by atoms with Crippen LogP contribution in [0.15, 0.2) is 24.7 Å². The van der Waals surface area contributed by atoms with Crippen LogP contribution < -0.4 is 4.90 Å². The average molecular weight is 314 g/mol. The molecule has 2 aromatic rings. The third-order valence-corrected chi connectivity index (χ3v) is 4.74. The molecule has 0 atom stereocenters. The average Bonchev–Trinajstić information content (AvgIpc) is 3.18. The SMILES string of the molecule is O=C(O)c1cn(Cc2ccc(N3CC4(CC4)C3)nc2CO)cn1. The predicted molar refractivity (Wildman–Crippen MR) is 82.3 cm³/mol. The number of rotatable bonds is 5. The fourth-order valence-corrected chi connectivity index (χ4v) is 3.15. The van der Waals surface area contributed by atoms with Crippen molar-refractivity contribution < 1.29 is 15.0 Å². The molecule has 2 aromatic heterocycles. The Hall–Kier alpha value is -2.41. The fraction of sp³-hybridized carbons (Fsp3) is 0.438. The minimum atomic E-state index is -1.05. The fourth-order valence-electron chi connectivity index (χ4n) is 3.15. The lowest BCUT2D eigenvalue weighted by molar-refractivity contribution is 0.0691. The number of pyridine rings is 1. The third-order valence-electron chi connectivity index (χ3n) is 4.74. The minimum Gasteiger partial charge on any atom is -0.476 e. The highest BCUT2D eigenvalue weighted by Gasteiger charge is 2.52. The number of aliphatic hydroxyl groups is 1. The van der Waals surface area contributed by atoms with Crippen LogP contribution in [0, 0.1) is 5.41 Å². The van der Waals surface area contributed by atoms with E-state index in [1.165, 1.54) is 25.4 Å². The highest BCUT2D eigenvalue weighted by atomic mass is 16.4. The summed E-state index contributed by atoms with van der Waals surface area (Å²) in [6.45, 7) is 2.43. The van der Waals surface area contributed by atoms with Gasteiger partial charge < -0.3 is 19.7 Å². The first-order valence-electron chi connectivity index (χ1n) is 7.68. The second-order valence-corrected chi connectivity index (χ2v) is 6.53. The number of carbonyl (C=O) groups is 1. The Bertz CT molecular complexity index is 758. The van der Waals surface area contributed by atoms with Gasteiger partial charge in [-0.15, -0.1) is 0 Å². The van der Waals surface area contributed by atoms with E-state index < -0.39 is 5.97 Å². The number of aliphatic hydroxyl groups excluding tert-OH is 1. The number of carboxylic acid groups (broad SMARTS) is 1. The van der Waals surface area contributed by atoms with Gasteiger partial charge in [-0.1, -0.05) is 6.07 Å². The number of hydrogen-bond donors (Lipinski definition) is 2. The molecule has 1 saturated carbocycles. The first kappa shape index (κ1) is 14.2. The van der Waals surface area contributed by atoms with Crippen molar-refractivity contribution >= 4 is 11.8 Å². The molecular formula is C16H18N4O3. The number of imidazole rings is 1. The summed E-state index contributed by atoms with van der Waals surface area (Å²) in [5, 5.41) is 18.5. The molecular weight excluding hydrogens is 296 g/mol. The van der Waals surface area contributed by atoms with Gasteiger partial charge in [0.1, 0.15) is 5.82 Å². The molecule has 0 radical (unpaired) electrons. The van der Waals surface area contributed by atoms with Crippen molar-refractivity contribution in [3.8, 4) is 0 Å². The number of carboxylic acids is 1. The molecule has 0 bridgehead atoms. The second-order valence-electron chi connectivity index (χ2n) is 6.53. The number of nitrogens with zero attached hydrogens (tertiary/aromatic N) is 4. The normalized spacial score (nSPS) is 18.0. The van der Waals surface area contributed by atoms with Crippen molar-refractivity contribution in [3.05, 3.63) is 41.6 Å². The smallest absolute Gasteiger partial charge is 0.356 e. The van der Waals surface area contributed by atoms with E-state index >= 15 is 0 Å². The molecule has 1 aliphatic heterocycles. The van der Waals surface area contributed by atoms with E-state index in [2.05, 4.69) is 14.9 Å². The Kier molecular flexibility index (Phi) is 3.12. The summed E-state index contributed by atoms with van der Waals surface area (Å²) in [4.78, 5) is 21.5. The second kappa shape index (κ2) is 5.06. The Morgan fingerprint density at radius 1 is 1.30 bits per heavy atom. The van der Waals surface area contributed by atoms with Gasteiger partial charge in [0, 0.05) is 24.7 Å². The summed E-state index contributed by atoms with van der Waals surface area (Å²) >= 11 is 0. The van der Waals surface area contributed by atoms with Gasteiger partial charge in [0.05, 0.1) is 25.2 Å². The van der Waals surface area contributed by atoms with E-state index in [1.54, 1.807) is 4.57 Å². The minimum absolute atomic E-state index is 0.00967. The van der Waals surface area contributed by atoms with E-state index in [9.17, 15) is 9.90 Å². The maximum absolute atomic E-state index is 10.9. The zero-order valence-corrected chi connectivity index (χ0v) is 12.6. The van der Waals surface area contributed by atoms with Gasteiger partial charge in [0.25, 0.3) is 0 Å². The monoisotopic (exact) mass is 314 g/mol. The molecule has 7 nitrogen and oxygen atoms in total. The molecule has 3 heterocycles. The van der Waals surface area contributed by atoms with Crippen molar-refractivity contribution in [2.45, 2.75) is 26.0 Å². The van der Waals surface area contributed by atoms with Crippen LogP contribution in [0.5, 0.6) is 0 Å².